The van der Waals surface area contributed by atoms with E-state index in [1.165, 1.54) is 24.3 Å². The standard InChI is InChI=1S/C14H21N3O4S/c15-9-11-5-7-12(8-6-11)10-16-22(20,21)14-4-2-1-3-13(14)17(18)19/h1-4,11-12,16H,5-10,15H2. The third-order valence-corrected chi connectivity index (χ3v) is 5.68. The van der Waals surface area contributed by atoms with Gasteiger partial charge < -0.3 is 5.73 Å². The van der Waals surface area contributed by atoms with Crippen LogP contribution in [0, 0.1) is 22.0 Å². The lowest BCUT2D eigenvalue weighted by Crippen LogP contribution is -2.32. The van der Waals surface area contributed by atoms with Gasteiger partial charge in [-0.05, 0) is 50.1 Å². The predicted octanol–water partition coefficient (Wildman–Crippen LogP) is 1.64. The minimum Gasteiger partial charge on any atom is -0.330 e. The Morgan fingerprint density at radius 3 is 2.36 bits per heavy atom. The van der Waals surface area contributed by atoms with Crippen LogP contribution in [0.25, 0.3) is 0 Å². The molecule has 0 heterocycles. The zero-order valence-electron chi connectivity index (χ0n) is 12.3. The van der Waals surface area contributed by atoms with Crippen molar-refractivity contribution in [3.8, 4) is 0 Å². The molecule has 122 valence electrons. The third kappa shape index (κ3) is 4.02. The minimum absolute atomic E-state index is 0.264. The molecule has 0 atom stereocenters. The molecule has 1 aliphatic carbocycles. The number of para-hydroxylation sites is 1. The Labute approximate surface area is 130 Å². The van der Waals surface area contributed by atoms with Crippen LogP contribution in [0.4, 0.5) is 5.69 Å². The quantitative estimate of drug-likeness (QED) is 0.608. The molecule has 0 unspecified atom stereocenters. The SMILES string of the molecule is NCC1CCC(CNS(=O)(=O)c2ccccc2[N+](=O)[O-])CC1. The third-order valence-electron chi connectivity index (χ3n) is 4.21. The first-order valence-electron chi connectivity index (χ1n) is 7.37. The molecule has 0 amide bonds. The highest BCUT2D eigenvalue weighted by atomic mass is 32.2. The molecule has 1 aromatic carbocycles. The molecule has 1 aromatic rings. The fraction of sp³-hybridized carbons (Fsp3) is 0.571. The Balaban J connectivity index is 2.02. The van der Waals surface area contributed by atoms with Crippen LogP contribution in [0.15, 0.2) is 29.2 Å². The van der Waals surface area contributed by atoms with E-state index in [0.717, 1.165) is 25.7 Å². The molecular formula is C14H21N3O4S. The molecule has 22 heavy (non-hydrogen) atoms. The molecule has 1 aliphatic rings. The average Bonchev–Trinajstić information content (AvgIpc) is 2.53. The molecule has 3 N–H and O–H groups in total. The molecule has 1 fully saturated rings. The summed E-state index contributed by atoms with van der Waals surface area (Å²) in [7, 11) is -3.87. The van der Waals surface area contributed by atoms with Gasteiger partial charge in [0.25, 0.3) is 5.69 Å². The second-order valence-corrected chi connectivity index (χ2v) is 7.43. The van der Waals surface area contributed by atoms with Crippen LogP contribution in [-0.4, -0.2) is 26.4 Å². The van der Waals surface area contributed by atoms with Crippen LogP contribution in [0.5, 0.6) is 0 Å². The lowest BCUT2D eigenvalue weighted by molar-refractivity contribution is -0.387. The van der Waals surface area contributed by atoms with Crippen LogP contribution >= 0.6 is 0 Å². The summed E-state index contributed by atoms with van der Waals surface area (Å²) in [6.07, 6.45) is 3.88. The highest BCUT2D eigenvalue weighted by molar-refractivity contribution is 7.89. The van der Waals surface area contributed by atoms with E-state index in [4.69, 9.17) is 5.73 Å². The fourth-order valence-corrected chi connectivity index (χ4v) is 4.10. The van der Waals surface area contributed by atoms with E-state index < -0.39 is 20.6 Å². The average molecular weight is 327 g/mol. The zero-order valence-corrected chi connectivity index (χ0v) is 13.1. The van der Waals surface area contributed by atoms with Crippen LogP contribution in [0.2, 0.25) is 0 Å². The van der Waals surface area contributed by atoms with Crippen molar-refractivity contribution in [3.05, 3.63) is 34.4 Å². The summed E-state index contributed by atoms with van der Waals surface area (Å²) in [6.45, 7) is 0.986. The van der Waals surface area contributed by atoms with E-state index in [-0.39, 0.29) is 10.8 Å². The topological polar surface area (TPSA) is 115 Å². The van der Waals surface area contributed by atoms with E-state index in [1.807, 2.05) is 0 Å². The molecular weight excluding hydrogens is 306 g/mol. The first-order valence-corrected chi connectivity index (χ1v) is 8.85. The van der Waals surface area contributed by atoms with Crippen molar-refractivity contribution in [2.24, 2.45) is 17.6 Å². The summed E-state index contributed by atoms with van der Waals surface area (Å²) in [5.74, 6) is 0.795. The summed E-state index contributed by atoms with van der Waals surface area (Å²) in [6, 6.07) is 5.38. The molecule has 7 nitrogen and oxygen atoms in total. The van der Waals surface area contributed by atoms with E-state index in [0.29, 0.717) is 19.0 Å². The van der Waals surface area contributed by atoms with Crippen LogP contribution in [0.3, 0.4) is 0 Å². The number of nitro groups is 1. The number of hydrogen-bond donors (Lipinski definition) is 2. The van der Waals surface area contributed by atoms with Crippen LogP contribution < -0.4 is 10.5 Å². The maximum absolute atomic E-state index is 12.3. The van der Waals surface area contributed by atoms with Gasteiger partial charge in [0.1, 0.15) is 0 Å². The van der Waals surface area contributed by atoms with Gasteiger partial charge >= 0.3 is 0 Å². The molecule has 0 saturated heterocycles. The zero-order chi connectivity index (χ0) is 16.2. The summed E-state index contributed by atoms with van der Waals surface area (Å²) in [5.41, 5.74) is 5.24. The van der Waals surface area contributed by atoms with E-state index in [2.05, 4.69) is 4.72 Å². The van der Waals surface area contributed by atoms with Crippen molar-refractivity contribution >= 4 is 15.7 Å². The van der Waals surface area contributed by atoms with Crippen LogP contribution in [0.1, 0.15) is 25.7 Å². The van der Waals surface area contributed by atoms with Crippen molar-refractivity contribution < 1.29 is 13.3 Å². The summed E-state index contributed by atoms with van der Waals surface area (Å²) in [4.78, 5) is 9.98. The second-order valence-electron chi connectivity index (χ2n) is 5.70. The molecule has 0 radical (unpaired) electrons. The predicted molar refractivity (Wildman–Crippen MR) is 82.8 cm³/mol. The van der Waals surface area contributed by atoms with Crippen molar-refractivity contribution in [3.63, 3.8) is 0 Å². The van der Waals surface area contributed by atoms with Gasteiger partial charge in [0.15, 0.2) is 4.90 Å². The number of hydrogen-bond acceptors (Lipinski definition) is 5. The lowest BCUT2D eigenvalue weighted by Gasteiger charge is -2.27. The normalized spacial score (nSPS) is 22.4. The van der Waals surface area contributed by atoms with Gasteiger partial charge in [-0.3, -0.25) is 10.1 Å². The Bertz CT molecular complexity index is 625. The molecule has 0 aliphatic heterocycles. The fourth-order valence-electron chi connectivity index (χ4n) is 2.81. The highest BCUT2D eigenvalue weighted by Gasteiger charge is 2.27. The van der Waals surface area contributed by atoms with E-state index in [1.54, 1.807) is 0 Å². The van der Waals surface area contributed by atoms with Crippen molar-refractivity contribution in [1.82, 2.24) is 4.72 Å². The summed E-state index contributed by atoms with van der Waals surface area (Å²) < 4.78 is 27.1. The number of nitrogens with zero attached hydrogens (tertiary/aromatic N) is 1. The van der Waals surface area contributed by atoms with Crippen molar-refractivity contribution in [2.75, 3.05) is 13.1 Å². The van der Waals surface area contributed by atoms with Gasteiger partial charge in [0, 0.05) is 12.6 Å². The first kappa shape index (κ1) is 16.9. The number of benzene rings is 1. The summed E-state index contributed by atoms with van der Waals surface area (Å²) >= 11 is 0. The number of sulfonamides is 1. The molecule has 0 spiro atoms. The van der Waals surface area contributed by atoms with Crippen LogP contribution in [-0.2, 0) is 10.0 Å². The molecule has 2 rings (SSSR count). The van der Waals surface area contributed by atoms with Gasteiger partial charge in [-0.2, -0.15) is 0 Å². The molecule has 8 heteroatoms. The minimum atomic E-state index is -3.87. The number of nitrogens with one attached hydrogen (secondary N) is 1. The second kappa shape index (κ2) is 7.17. The van der Waals surface area contributed by atoms with E-state index >= 15 is 0 Å². The van der Waals surface area contributed by atoms with Gasteiger partial charge in [-0.15, -0.1) is 0 Å². The van der Waals surface area contributed by atoms with E-state index in [9.17, 15) is 18.5 Å². The van der Waals surface area contributed by atoms with Gasteiger partial charge in [-0.1, -0.05) is 12.1 Å². The molecule has 0 aromatic heterocycles. The maximum Gasteiger partial charge on any atom is 0.289 e. The number of nitro benzene ring substituents is 1. The lowest BCUT2D eigenvalue weighted by atomic mass is 9.82. The number of rotatable bonds is 6. The van der Waals surface area contributed by atoms with Gasteiger partial charge in [-0.25, -0.2) is 13.1 Å². The Morgan fingerprint density at radius 2 is 1.77 bits per heavy atom. The largest absolute Gasteiger partial charge is 0.330 e. The smallest absolute Gasteiger partial charge is 0.289 e. The number of nitrogens with two attached hydrogens (primary N) is 1. The Hall–Kier alpha value is -1.51. The Kier molecular flexibility index (Phi) is 5.49. The van der Waals surface area contributed by atoms with Gasteiger partial charge in [0.05, 0.1) is 4.92 Å². The highest BCUT2D eigenvalue weighted by Crippen LogP contribution is 2.28. The Morgan fingerprint density at radius 1 is 1.18 bits per heavy atom. The summed E-state index contributed by atoms with van der Waals surface area (Å²) in [5, 5.41) is 10.9. The molecule has 0 bridgehead atoms. The van der Waals surface area contributed by atoms with Gasteiger partial charge in [0.2, 0.25) is 10.0 Å². The monoisotopic (exact) mass is 327 g/mol. The van der Waals surface area contributed by atoms with Crippen molar-refractivity contribution in [1.29, 1.82) is 0 Å². The maximum atomic E-state index is 12.3. The first-order chi connectivity index (χ1) is 10.4. The molecule has 1 saturated carbocycles. The van der Waals surface area contributed by atoms with Crippen molar-refractivity contribution in [2.45, 2.75) is 30.6 Å².